The van der Waals surface area contributed by atoms with Crippen LogP contribution in [-0.4, -0.2) is 82.8 Å². The lowest BCUT2D eigenvalue weighted by Gasteiger charge is -2.43. The fourth-order valence-electron chi connectivity index (χ4n) is 4.74. The van der Waals surface area contributed by atoms with Gasteiger partial charge in [-0.1, -0.05) is 18.2 Å². The predicted octanol–water partition coefficient (Wildman–Crippen LogP) is 3.28. The molecule has 1 saturated heterocycles. The SMILES string of the molecule is BN1CC(COc2ccccc2)CC(N(C(=O)c2ccc(OC)c(OCCCOC)c2)C(C)C)C1. The number of ether oxygens (including phenoxy) is 4. The number of methoxy groups -OCH3 is 2. The largest absolute Gasteiger partial charge is 0.493 e. The summed E-state index contributed by atoms with van der Waals surface area (Å²) in [4.78, 5) is 18.1. The van der Waals surface area contributed by atoms with Crippen molar-refractivity contribution in [2.45, 2.75) is 38.8 Å². The van der Waals surface area contributed by atoms with Gasteiger partial charge in [-0.3, -0.25) is 4.79 Å². The number of carbonyl (C=O) groups excluding carboxylic acids is 1. The molecule has 2 aromatic rings. The molecule has 0 N–H and O–H groups in total. The summed E-state index contributed by atoms with van der Waals surface area (Å²) in [6.45, 7) is 7.68. The molecular weight excluding hydrogens is 443 g/mol. The number of amides is 1. The van der Waals surface area contributed by atoms with Crippen molar-refractivity contribution < 1.29 is 23.7 Å². The maximum Gasteiger partial charge on any atom is 0.254 e. The lowest BCUT2D eigenvalue weighted by atomic mass is 9.90. The van der Waals surface area contributed by atoms with E-state index in [1.807, 2.05) is 41.3 Å². The fraction of sp³-hybridized carbons (Fsp3) is 0.519. The van der Waals surface area contributed by atoms with Gasteiger partial charge in [-0.15, -0.1) is 0 Å². The quantitative estimate of drug-likeness (QED) is 0.342. The summed E-state index contributed by atoms with van der Waals surface area (Å²) in [5.41, 5.74) is 0.603. The van der Waals surface area contributed by atoms with Gasteiger partial charge in [-0.25, -0.2) is 0 Å². The molecule has 1 heterocycles. The zero-order valence-corrected chi connectivity index (χ0v) is 21.7. The predicted molar refractivity (Wildman–Crippen MR) is 140 cm³/mol. The molecular formula is C27H39BN2O5. The van der Waals surface area contributed by atoms with E-state index >= 15 is 0 Å². The Hall–Kier alpha value is -2.71. The van der Waals surface area contributed by atoms with Gasteiger partial charge in [0.1, 0.15) is 5.75 Å². The van der Waals surface area contributed by atoms with Gasteiger partial charge in [0.25, 0.3) is 5.91 Å². The lowest BCUT2D eigenvalue weighted by molar-refractivity contribution is 0.0421. The zero-order chi connectivity index (χ0) is 25.2. The molecule has 0 radical (unpaired) electrons. The summed E-state index contributed by atoms with van der Waals surface area (Å²) in [6, 6.07) is 15.5. The van der Waals surface area contributed by atoms with Gasteiger partial charge in [0, 0.05) is 50.2 Å². The summed E-state index contributed by atoms with van der Waals surface area (Å²) < 4.78 is 22.5. The summed E-state index contributed by atoms with van der Waals surface area (Å²) in [7, 11) is 5.39. The van der Waals surface area contributed by atoms with Gasteiger partial charge in [0.2, 0.25) is 0 Å². The molecule has 2 unspecified atom stereocenters. The van der Waals surface area contributed by atoms with Gasteiger partial charge < -0.3 is 28.7 Å². The summed E-state index contributed by atoms with van der Waals surface area (Å²) in [5.74, 6) is 2.42. The molecule has 0 aromatic heterocycles. The van der Waals surface area contributed by atoms with Crippen LogP contribution in [0.5, 0.6) is 17.2 Å². The van der Waals surface area contributed by atoms with Crippen molar-refractivity contribution in [2.24, 2.45) is 5.92 Å². The second-order valence-electron chi connectivity index (χ2n) is 9.47. The Kier molecular flexibility index (Phi) is 10.3. The summed E-state index contributed by atoms with van der Waals surface area (Å²) in [5, 5.41) is 0. The average molecular weight is 482 g/mol. The van der Waals surface area contributed by atoms with Gasteiger partial charge >= 0.3 is 0 Å². The molecule has 3 rings (SSSR count). The number of rotatable bonds is 12. The monoisotopic (exact) mass is 482 g/mol. The Morgan fingerprint density at radius 1 is 1.06 bits per heavy atom. The molecule has 0 spiro atoms. The smallest absolute Gasteiger partial charge is 0.254 e. The Bertz CT molecular complexity index is 927. The number of hydrogen-bond acceptors (Lipinski definition) is 6. The highest BCUT2D eigenvalue weighted by Crippen LogP contribution is 2.30. The van der Waals surface area contributed by atoms with Crippen molar-refractivity contribution in [1.82, 2.24) is 9.71 Å². The van der Waals surface area contributed by atoms with Crippen LogP contribution in [0.15, 0.2) is 48.5 Å². The van der Waals surface area contributed by atoms with Crippen molar-refractivity contribution in [3.63, 3.8) is 0 Å². The molecule has 7 nitrogen and oxygen atoms in total. The maximum absolute atomic E-state index is 13.8. The number of benzene rings is 2. The van der Waals surface area contributed by atoms with E-state index in [0.29, 0.717) is 42.8 Å². The molecule has 0 saturated carbocycles. The first-order valence-electron chi connectivity index (χ1n) is 12.4. The minimum atomic E-state index is 0.00687. The fourth-order valence-corrected chi connectivity index (χ4v) is 4.74. The van der Waals surface area contributed by atoms with Crippen LogP contribution in [0.4, 0.5) is 0 Å². The molecule has 1 aliphatic heterocycles. The lowest BCUT2D eigenvalue weighted by Crippen LogP contribution is -2.55. The minimum Gasteiger partial charge on any atom is -0.493 e. The van der Waals surface area contributed by atoms with Crippen LogP contribution >= 0.6 is 0 Å². The molecule has 8 heteroatoms. The Balaban J connectivity index is 1.73. The number of hydrogen-bond donors (Lipinski definition) is 0. The van der Waals surface area contributed by atoms with Crippen LogP contribution in [0.3, 0.4) is 0 Å². The van der Waals surface area contributed by atoms with Gasteiger partial charge in [-0.05, 0) is 57.1 Å². The molecule has 1 fully saturated rings. The summed E-state index contributed by atoms with van der Waals surface area (Å²) in [6.07, 6.45) is 1.66. The van der Waals surface area contributed by atoms with Crippen molar-refractivity contribution in [3.05, 3.63) is 54.1 Å². The zero-order valence-electron chi connectivity index (χ0n) is 21.7. The average Bonchev–Trinajstić information content (AvgIpc) is 2.85. The highest BCUT2D eigenvalue weighted by Gasteiger charge is 2.34. The third-order valence-corrected chi connectivity index (χ3v) is 6.27. The molecule has 0 aliphatic carbocycles. The van der Waals surface area contributed by atoms with Crippen LogP contribution in [0.25, 0.3) is 0 Å². The standard InChI is InChI=1S/C27H39BN2O5/c1-20(2)30(23-15-21(17-29(28)18-23)19-35-24-9-6-5-7-10-24)27(31)22-11-12-25(33-4)26(16-22)34-14-8-13-32-3/h5-7,9-12,16,20-21,23H,8,13-15,17-19,28H2,1-4H3. The third kappa shape index (κ3) is 7.64. The number of nitrogens with zero attached hydrogens (tertiary/aromatic N) is 2. The van der Waals surface area contributed by atoms with Crippen LogP contribution in [0.1, 0.15) is 37.0 Å². The Morgan fingerprint density at radius 2 is 1.83 bits per heavy atom. The Labute approximate surface area is 210 Å². The topological polar surface area (TPSA) is 60.5 Å². The molecule has 1 amide bonds. The van der Waals surface area contributed by atoms with E-state index in [4.69, 9.17) is 18.9 Å². The normalized spacial score (nSPS) is 18.3. The van der Waals surface area contributed by atoms with Crippen LogP contribution in [-0.2, 0) is 4.74 Å². The van der Waals surface area contributed by atoms with Crippen molar-refractivity contribution in [1.29, 1.82) is 0 Å². The number of para-hydroxylation sites is 1. The Morgan fingerprint density at radius 3 is 2.51 bits per heavy atom. The summed E-state index contributed by atoms with van der Waals surface area (Å²) >= 11 is 0. The van der Waals surface area contributed by atoms with Gasteiger partial charge in [0.05, 0.1) is 20.3 Å². The second kappa shape index (κ2) is 13.4. The van der Waals surface area contributed by atoms with Gasteiger partial charge in [0.15, 0.2) is 19.5 Å². The van der Waals surface area contributed by atoms with E-state index in [-0.39, 0.29) is 18.0 Å². The van der Waals surface area contributed by atoms with E-state index in [0.717, 1.165) is 31.7 Å². The van der Waals surface area contributed by atoms with E-state index in [9.17, 15) is 4.79 Å². The first kappa shape index (κ1) is 26.9. The highest BCUT2D eigenvalue weighted by atomic mass is 16.5. The molecule has 2 atom stereocenters. The maximum atomic E-state index is 13.8. The molecule has 1 aliphatic rings. The van der Waals surface area contributed by atoms with Crippen LogP contribution < -0.4 is 14.2 Å². The van der Waals surface area contributed by atoms with Crippen molar-refractivity contribution in [3.8, 4) is 17.2 Å². The van der Waals surface area contributed by atoms with E-state index in [1.165, 1.54) is 0 Å². The third-order valence-electron chi connectivity index (χ3n) is 6.27. The number of piperidine rings is 1. The van der Waals surface area contributed by atoms with E-state index in [2.05, 4.69) is 26.6 Å². The van der Waals surface area contributed by atoms with E-state index < -0.39 is 0 Å². The highest BCUT2D eigenvalue weighted by molar-refractivity contribution is 6.04. The van der Waals surface area contributed by atoms with Crippen LogP contribution in [0, 0.1) is 5.92 Å². The van der Waals surface area contributed by atoms with Crippen molar-refractivity contribution >= 4 is 13.9 Å². The molecule has 35 heavy (non-hydrogen) atoms. The minimum absolute atomic E-state index is 0.00687. The molecule has 0 bridgehead atoms. The second-order valence-corrected chi connectivity index (χ2v) is 9.47. The number of carbonyl (C=O) groups is 1. The first-order chi connectivity index (χ1) is 16.9. The first-order valence-corrected chi connectivity index (χ1v) is 12.4. The van der Waals surface area contributed by atoms with Gasteiger partial charge in [-0.2, -0.15) is 0 Å². The van der Waals surface area contributed by atoms with Crippen LogP contribution in [0.2, 0.25) is 0 Å². The molecule has 2 aromatic carbocycles. The molecule has 190 valence electrons. The van der Waals surface area contributed by atoms with Crippen molar-refractivity contribution in [2.75, 3.05) is 47.1 Å². The van der Waals surface area contributed by atoms with E-state index in [1.54, 1.807) is 26.4 Å².